The fourth-order valence-electron chi connectivity index (χ4n) is 4.01. The molecule has 1 heterocycles. The summed E-state index contributed by atoms with van der Waals surface area (Å²) < 4.78 is 11.0. The third-order valence-electron chi connectivity index (χ3n) is 5.29. The first-order valence-electron chi connectivity index (χ1n) is 9.54. The number of ether oxygens (including phenoxy) is 2. The van der Waals surface area contributed by atoms with Crippen LogP contribution in [-0.4, -0.2) is 32.2 Å². The van der Waals surface area contributed by atoms with Crippen molar-refractivity contribution in [3.63, 3.8) is 0 Å². The lowest BCUT2D eigenvalue weighted by Gasteiger charge is -2.29. The highest BCUT2D eigenvalue weighted by atomic mass is 16.5. The monoisotopic (exact) mass is 388 g/mol. The average molecular weight is 388 g/mol. The van der Waals surface area contributed by atoms with Crippen molar-refractivity contribution >= 4 is 11.6 Å². The maximum Gasteiger partial charge on any atom is 0.253 e. The molecule has 5 nitrogen and oxygen atoms in total. The average Bonchev–Trinajstić information content (AvgIpc) is 3.05. The summed E-state index contributed by atoms with van der Waals surface area (Å²) >= 11 is 0. The Hall–Kier alpha value is -3.31. The van der Waals surface area contributed by atoms with Gasteiger partial charge in [-0.25, -0.2) is 10.0 Å². The lowest BCUT2D eigenvalue weighted by molar-refractivity contribution is -0.121. The molecule has 0 fully saturated rings. The Kier molecular flexibility index (Phi) is 5.23. The molecule has 0 spiro atoms. The number of benzene rings is 3. The summed E-state index contributed by atoms with van der Waals surface area (Å²) in [5.41, 5.74) is 3.88. The predicted octanol–water partition coefficient (Wildman–Crippen LogP) is 4.23. The maximum absolute atomic E-state index is 13.5. The molecule has 0 saturated carbocycles. The predicted molar refractivity (Wildman–Crippen MR) is 113 cm³/mol. The summed E-state index contributed by atoms with van der Waals surface area (Å²) in [4.78, 5) is 13.5. The van der Waals surface area contributed by atoms with E-state index in [-0.39, 0.29) is 11.8 Å². The van der Waals surface area contributed by atoms with Crippen molar-refractivity contribution in [1.82, 2.24) is 5.01 Å². The molecule has 3 aromatic carbocycles. The molecule has 1 aliphatic rings. The zero-order chi connectivity index (χ0) is 20.4. The number of anilines is 1. The number of fused-ring (bicyclic) bond motifs is 1. The van der Waals surface area contributed by atoms with Crippen molar-refractivity contribution in [3.05, 3.63) is 89.5 Å². The lowest BCUT2D eigenvalue weighted by atomic mass is 9.93. The summed E-state index contributed by atoms with van der Waals surface area (Å²) in [6.45, 7) is 0.502. The number of amides is 1. The Balaban J connectivity index is 1.70. The molecule has 0 saturated heterocycles. The van der Waals surface area contributed by atoms with Gasteiger partial charge in [0.05, 0.1) is 25.8 Å². The molecule has 0 bridgehead atoms. The number of nitrogens with zero attached hydrogens (tertiary/aromatic N) is 2. The van der Waals surface area contributed by atoms with Gasteiger partial charge in [-0.15, -0.1) is 0 Å². The van der Waals surface area contributed by atoms with Gasteiger partial charge >= 0.3 is 0 Å². The highest BCUT2D eigenvalue weighted by Gasteiger charge is 2.40. The van der Waals surface area contributed by atoms with Gasteiger partial charge in [-0.2, -0.15) is 0 Å². The number of rotatable bonds is 6. The van der Waals surface area contributed by atoms with Crippen LogP contribution >= 0.6 is 0 Å². The molecule has 5 heteroatoms. The summed E-state index contributed by atoms with van der Waals surface area (Å²) in [5, 5.41) is 3.70. The molecule has 29 heavy (non-hydrogen) atoms. The van der Waals surface area contributed by atoms with Crippen LogP contribution in [0.5, 0.6) is 11.5 Å². The van der Waals surface area contributed by atoms with Gasteiger partial charge in [0.1, 0.15) is 0 Å². The molecule has 0 N–H and O–H groups in total. The number of hydrazine groups is 1. The fraction of sp³-hybridized carbons (Fsp3) is 0.208. The molecule has 0 aliphatic carbocycles. The minimum Gasteiger partial charge on any atom is -0.493 e. The molecule has 0 unspecified atom stereocenters. The van der Waals surface area contributed by atoms with E-state index in [0.29, 0.717) is 18.0 Å². The highest BCUT2D eigenvalue weighted by Crippen LogP contribution is 2.42. The Morgan fingerprint density at radius 1 is 0.897 bits per heavy atom. The van der Waals surface area contributed by atoms with Gasteiger partial charge < -0.3 is 9.47 Å². The van der Waals surface area contributed by atoms with Gasteiger partial charge in [-0.1, -0.05) is 60.7 Å². The first kappa shape index (κ1) is 19.0. The van der Waals surface area contributed by atoms with Crippen molar-refractivity contribution in [3.8, 4) is 11.5 Å². The van der Waals surface area contributed by atoms with Crippen LogP contribution in [0.1, 0.15) is 22.6 Å². The second kappa shape index (κ2) is 7.97. The van der Waals surface area contributed by atoms with Crippen molar-refractivity contribution < 1.29 is 14.3 Å². The van der Waals surface area contributed by atoms with Crippen LogP contribution in [-0.2, 0) is 11.3 Å². The van der Waals surface area contributed by atoms with Crippen molar-refractivity contribution in [2.75, 3.05) is 26.3 Å². The first-order chi connectivity index (χ1) is 14.2. The van der Waals surface area contributed by atoms with E-state index in [2.05, 4.69) is 0 Å². The van der Waals surface area contributed by atoms with Gasteiger partial charge in [0.15, 0.2) is 11.5 Å². The zero-order valence-corrected chi connectivity index (χ0v) is 16.8. The van der Waals surface area contributed by atoms with Crippen LogP contribution in [0.3, 0.4) is 0 Å². The van der Waals surface area contributed by atoms with Crippen LogP contribution in [0.2, 0.25) is 0 Å². The Morgan fingerprint density at radius 3 is 2.34 bits per heavy atom. The summed E-state index contributed by atoms with van der Waals surface area (Å²) in [5.74, 6) is 1.10. The molecule has 0 aromatic heterocycles. The molecular formula is C24H24N2O3. The molecule has 1 atom stereocenters. The molecule has 4 rings (SSSR count). The van der Waals surface area contributed by atoms with Crippen molar-refractivity contribution in [2.24, 2.45) is 0 Å². The molecule has 148 valence electrons. The van der Waals surface area contributed by atoms with E-state index in [0.717, 1.165) is 22.4 Å². The largest absolute Gasteiger partial charge is 0.493 e. The van der Waals surface area contributed by atoms with E-state index in [9.17, 15) is 4.79 Å². The second-order valence-electron chi connectivity index (χ2n) is 7.02. The number of methoxy groups -OCH3 is 2. The first-order valence-corrected chi connectivity index (χ1v) is 9.54. The second-order valence-corrected chi connectivity index (χ2v) is 7.02. The molecule has 1 amide bonds. The van der Waals surface area contributed by atoms with E-state index < -0.39 is 0 Å². The summed E-state index contributed by atoms with van der Waals surface area (Å²) in [6, 6.07) is 23.7. The standard InChI is InChI=1S/C24H24N2O3/c1-25(16-18-12-9-15-21(28-2)23(18)29-3)26-20-14-8-7-13-19(20)22(24(26)27)17-10-5-4-6-11-17/h4-15,22H,16H2,1-3H3/t22-/m1/s1. The van der Waals surface area contributed by atoms with Crippen LogP contribution in [0.15, 0.2) is 72.8 Å². The minimum atomic E-state index is -0.304. The normalized spacial score (nSPS) is 15.5. The van der Waals surface area contributed by atoms with Crippen LogP contribution in [0.4, 0.5) is 5.69 Å². The lowest BCUT2D eigenvalue weighted by Crippen LogP contribution is -2.42. The third-order valence-corrected chi connectivity index (χ3v) is 5.29. The summed E-state index contributed by atoms with van der Waals surface area (Å²) in [6.07, 6.45) is 0. The SMILES string of the molecule is COc1cccc(CN(C)N2C(=O)[C@H](c3ccccc3)c3ccccc32)c1OC. The molecule has 0 radical (unpaired) electrons. The Labute approximate surface area is 171 Å². The van der Waals surface area contributed by atoms with E-state index in [4.69, 9.17) is 9.47 Å². The number of hydrogen-bond acceptors (Lipinski definition) is 4. The summed E-state index contributed by atoms with van der Waals surface area (Å²) in [7, 11) is 5.17. The van der Waals surface area contributed by atoms with Gasteiger partial charge in [0.25, 0.3) is 5.91 Å². The van der Waals surface area contributed by atoms with Crippen LogP contribution < -0.4 is 14.5 Å². The molecular weight excluding hydrogens is 364 g/mol. The van der Waals surface area contributed by atoms with E-state index in [1.165, 1.54) is 0 Å². The van der Waals surface area contributed by atoms with E-state index >= 15 is 0 Å². The maximum atomic E-state index is 13.5. The number of carbonyl (C=O) groups is 1. The molecule has 1 aliphatic heterocycles. The van der Waals surface area contributed by atoms with Gasteiger partial charge in [-0.05, 0) is 23.3 Å². The smallest absolute Gasteiger partial charge is 0.253 e. The minimum absolute atomic E-state index is 0.0433. The van der Waals surface area contributed by atoms with Crippen LogP contribution in [0, 0.1) is 0 Å². The number of para-hydroxylation sites is 2. The highest BCUT2D eigenvalue weighted by molar-refractivity contribution is 6.06. The number of carbonyl (C=O) groups excluding carboxylic acids is 1. The quantitative estimate of drug-likeness (QED) is 0.634. The van der Waals surface area contributed by atoms with Crippen LogP contribution in [0.25, 0.3) is 0 Å². The van der Waals surface area contributed by atoms with E-state index in [1.807, 2.05) is 84.9 Å². The van der Waals surface area contributed by atoms with Gasteiger partial charge in [0.2, 0.25) is 0 Å². The van der Waals surface area contributed by atoms with Crippen molar-refractivity contribution in [1.29, 1.82) is 0 Å². The Bertz CT molecular complexity index is 1020. The fourth-order valence-corrected chi connectivity index (χ4v) is 4.01. The van der Waals surface area contributed by atoms with E-state index in [1.54, 1.807) is 19.2 Å². The third kappa shape index (κ3) is 3.34. The zero-order valence-electron chi connectivity index (χ0n) is 16.8. The molecule has 3 aromatic rings. The topological polar surface area (TPSA) is 42.0 Å². The number of hydrogen-bond donors (Lipinski definition) is 0. The van der Waals surface area contributed by atoms with Gasteiger partial charge in [0, 0.05) is 19.2 Å². The van der Waals surface area contributed by atoms with Gasteiger partial charge in [-0.3, -0.25) is 4.79 Å². The Morgan fingerprint density at radius 2 is 1.62 bits per heavy atom. The van der Waals surface area contributed by atoms with Crippen molar-refractivity contribution in [2.45, 2.75) is 12.5 Å².